The number of aryl methyl sites for hydroxylation is 1. The van der Waals surface area contributed by atoms with Gasteiger partial charge >= 0.3 is 5.97 Å². The minimum atomic E-state index is -1.26. The summed E-state index contributed by atoms with van der Waals surface area (Å²) in [5.74, 6) is 0.843. The molecule has 1 aromatic carbocycles. The molecule has 0 spiro atoms. The number of benzene rings is 1. The number of likely N-dealkylation sites (tertiary alicyclic amines) is 1. The number of rotatable bonds is 10. The van der Waals surface area contributed by atoms with Crippen molar-refractivity contribution >= 4 is 40.0 Å². The van der Waals surface area contributed by atoms with Gasteiger partial charge in [-0.25, -0.2) is 4.39 Å². The predicted octanol–water partition coefficient (Wildman–Crippen LogP) is 6.36. The Balaban J connectivity index is 1.39. The molecule has 182 valence electrons. The van der Waals surface area contributed by atoms with Crippen LogP contribution in [0, 0.1) is 12.3 Å². The zero-order valence-corrected chi connectivity index (χ0v) is 21.3. The highest BCUT2D eigenvalue weighted by Gasteiger charge is 2.41. The molecule has 1 saturated heterocycles. The molecule has 3 heterocycles. The average Bonchev–Trinajstić information content (AvgIpc) is 3.36. The Labute approximate surface area is 208 Å². The lowest BCUT2D eigenvalue weighted by molar-refractivity contribution is -0.153. The summed E-state index contributed by atoms with van der Waals surface area (Å²) < 4.78 is 22.3. The maximum atomic E-state index is 15.7. The first-order valence-corrected chi connectivity index (χ1v) is 13.5. The summed E-state index contributed by atoms with van der Waals surface area (Å²) in [5.41, 5.74) is 1.21. The van der Waals surface area contributed by atoms with E-state index in [0.717, 1.165) is 36.3 Å². The molecule has 5 nitrogen and oxygen atoms in total. The highest BCUT2D eigenvalue weighted by molar-refractivity contribution is 8.01. The van der Waals surface area contributed by atoms with Gasteiger partial charge in [0.2, 0.25) is 0 Å². The molecule has 3 aromatic rings. The highest BCUT2D eigenvalue weighted by atomic mass is 32.2. The third-order valence-electron chi connectivity index (χ3n) is 6.92. The van der Waals surface area contributed by atoms with Crippen LogP contribution in [-0.2, 0) is 4.79 Å². The number of carbonyl (C=O) groups is 1. The number of thioether (sulfide) groups is 1. The molecule has 0 bridgehead atoms. The second kappa shape index (κ2) is 11.1. The number of fused-ring (bicyclic) bond motifs is 1. The van der Waals surface area contributed by atoms with Crippen LogP contribution >= 0.6 is 23.1 Å². The van der Waals surface area contributed by atoms with Gasteiger partial charge in [-0.05, 0) is 86.5 Å². The molecule has 34 heavy (non-hydrogen) atoms. The first kappa shape index (κ1) is 24.9. The Morgan fingerprint density at radius 1 is 1.35 bits per heavy atom. The third kappa shape index (κ3) is 5.56. The largest absolute Gasteiger partial charge is 0.497 e. The number of alkyl halides is 1. The number of aliphatic carboxylic acids is 1. The van der Waals surface area contributed by atoms with Gasteiger partial charge in [-0.15, -0.1) is 23.1 Å². The van der Waals surface area contributed by atoms with Crippen molar-refractivity contribution in [3.8, 4) is 5.75 Å². The fourth-order valence-corrected chi connectivity index (χ4v) is 6.64. The number of carboxylic acid groups (broad SMARTS) is 1. The average molecular weight is 503 g/mol. The van der Waals surface area contributed by atoms with E-state index < -0.39 is 17.6 Å². The van der Waals surface area contributed by atoms with Crippen LogP contribution < -0.4 is 4.74 Å². The van der Waals surface area contributed by atoms with Crippen molar-refractivity contribution in [1.29, 1.82) is 0 Å². The van der Waals surface area contributed by atoms with Crippen molar-refractivity contribution < 1.29 is 19.0 Å². The van der Waals surface area contributed by atoms with E-state index in [0.29, 0.717) is 36.1 Å². The van der Waals surface area contributed by atoms with E-state index in [9.17, 15) is 9.90 Å². The van der Waals surface area contributed by atoms with Gasteiger partial charge in [0.25, 0.3) is 0 Å². The normalized spacial score (nSPS) is 17.0. The molecule has 0 saturated carbocycles. The summed E-state index contributed by atoms with van der Waals surface area (Å²) in [5, 5.41) is 12.9. The second-order valence-corrected chi connectivity index (χ2v) is 11.3. The Kier molecular flexibility index (Phi) is 8.11. The van der Waals surface area contributed by atoms with Gasteiger partial charge in [-0.2, -0.15) is 0 Å². The standard InChI is InChI=1S/C26H31FN2O3S2/c1-18-17-28-22-6-5-19(32-2)16-20(22)24(18)21(27)7-8-26(25(30)31)9-11-29(12-10-26)13-15-34-23-4-3-14-33-23/h3-6,14,16-17,21H,7-13,15H2,1-2H3,(H,30,31)/t21-/m1/s1. The van der Waals surface area contributed by atoms with Crippen LogP contribution in [0.15, 0.2) is 46.1 Å². The Bertz CT molecular complexity index is 1110. The van der Waals surface area contributed by atoms with E-state index in [2.05, 4.69) is 27.4 Å². The number of methoxy groups -OCH3 is 1. The number of thiophene rings is 1. The lowest BCUT2D eigenvalue weighted by Gasteiger charge is -2.39. The van der Waals surface area contributed by atoms with Gasteiger partial charge in [0.1, 0.15) is 11.9 Å². The Morgan fingerprint density at radius 3 is 2.82 bits per heavy atom. The van der Waals surface area contributed by atoms with Gasteiger partial charge in [-0.3, -0.25) is 9.78 Å². The summed E-state index contributed by atoms with van der Waals surface area (Å²) in [6, 6.07) is 9.64. The Morgan fingerprint density at radius 2 is 2.15 bits per heavy atom. The number of aromatic nitrogens is 1. The zero-order chi connectivity index (χ0) is 24.1. The van der Waals surface area contributed by atoms with Gasteiger partial charge in [0.15, 0.2) is 0 Å². The number of hydrogen-bond donors (Lipinski definition) is 1. The SMILES string of the molecule is COc1ccc2ncc(C)c([C@H](F)CCC3(C(=O)O)CCN(CCSc4cccs4)CC3)c2c1. The quantitative estimate of drug-likeness (QED) is 0.325. The van der Waals surface area contributed by atoms with Crippen LogP contribution in [0.1, 0.15) is 43.0 Å². The second-order valence-electron chi connectivity index (χ2n) is 8.95. The molecule has 0 amide bonds. The summed E-state index contributed by atoms with van der Waals surface area (Å²) in [6.07, 6.45) is 2.06. The topological polar surface area (TPSA) is 62.7 Å². The minimum Gasteiger partial charge on any atom is -0.497 e. The minimum absolute atomic E-state index is 0.178. The molecule has 1 aliphatic rings. The van der Waals surface area contributed by atoms with E-state index in [1.54, 1.807) is 24.6 Å². The molecule has 2 aromatic heterocycles. The summed E-state index contributed by atoms with van der Waals surface area (Å²) >= 11 is 3.58. The van der Waals surface area contributed by atoms with Gasteiger partial charge in [-0.1, -0.05) is 6.07 Å². The molecule has 0 unspecified atom stereocenters. The molecule has 8 heteroatoms. The molecule has 1 aliphatic heterocycles. The van der Waals surface area contributed by atoms with Crippen molar-refractivity contribution in [2.24, 2.45) is 5.41 Å². The molecule has 1 atom stereocenters. The fraction of sp³-hybridized carbons (Fsp3) is 0.462. The summed E-state index contributed by atoms with van der Waals surface area (Å²) in [7, 11) is 1.58. The first-order chi connectivity index (χ1) is 16.4. The summed E-state index contributed by atoms with van der Waals surface area (Å²) in [6.45, 7) is 4.27. The number of hydrogen-bond acceptors (Lipinski definition) is 6. The molecule has 1 N–H and O–H groups in total. The van der Waals surface area contributed by atoms with Crippen molar-refractivity contribution in [2.45, 2.75) is 43.0 Å². The smallest absolute Gasteiger partial charge is 0.309 e. The number of piperidine rings is 1. The van der Waals surface area contributed by atoms with Gasteiger partial charge in [0.05, 0.1) is 22.3 Å². The lowest BCUT2D eigenvalue weighted by atomic mass is 9.74. The Hall–Kier alpha value is -2.16. The van der Waals surface area contributed by atoms with Crippen molar-refractivity contribution in [3.63, 3.8) is 0 Å². The predicted molar refractivity (Wildman–Crippen MR) is 137 cm³/mol. The summed E-state index contributed by atoms with van der Waals surface area (Å²) in [4.78, 5) is 19.0. The van der Waals surface area contributed by atoms with Crippen LogP contribution in [0.25, 0.3) is 10.9 Å². The molecule has 1 fully saturated rings. The fourth-order valence-electron chi connectivity index (χ4n) is 4.78. The van der Waals surface area contributed by atoms with Crippen molar-refractivity contribution in [2.75, 3.05) is 32.5 Å². The maximum Gasteiger partial charge on any atom is 0.309 e. The number of nitrogens with zero attached hydrogens (tertiary/aromatic N) is 2. The van der Waals surface area contributed by atoms with Crippen LogP contribution in [-0.4, -0.2) is 53.5 Å². The number of ether oxygens (including phenoxy) is 1. The highest BCUT2D eigenvalue weighted by Crippen LogP contribution is 2.41. The van der Waals surface area contributed by atoms with Crippen LogP contribution in [0.3, 0.4) is 0 Å². The molecular weight excluding hydrogens is 471 g/mol. The van der Waals surface area contributed by atoms with Gasteiger partial charge < -0.3 is 14.7 Å². The van der Waals surface area contributed by atoms with Crippen LogP contribution in [0.2, 0.25) is 0 Å². The lowest BCUT2D eigenvalue weighted by Crippen LogP contribution is -2.45. The zero-order valence-electron chi connectivity index (χ0n) is 19.6. The van der Waals surface area contributed by atoms with Crippen LogP contribution in [0.4, 0.5) is 4.39 Å². The monoisotopic (exact) mass is 502 g/mol. The van der Waals surface area contributed by atoms with Crippen molar-refractivity contribution in [1.82, 2.24) is 9.88 Å². The third-order valence-corrected chi connectivity index (χ3v) is 9.03. The maximum absolute atomic E-state index is 15.7. The number of carboxylic acids is 1. The molecule has 4 rings (SSSR count). The number of halogens is 1. The first-order valence-electron chi connectivity index (χ1n) is 11.6. The number of pyridine rings is 1. The molecular formula is C26H31FN2O3S2. The van der Waals surface area contributed by atoms with E-state index in [1.165, 1.54) is 4.21 Å². The van der Waals surface area contributed by atoms with E-state index in [-0.39, 0.29) is 6.42 Å². The van der Waals surface area contributed by atoms with Gasteiger partial charge in [0, 0.05) is 23.9 Å². The van der Waals surface area contributed by atoms with Crippen molar-refractivity contribution in [3.05, 3.63) is 53.0 Å². The van der Waals surface area contributed by atoms with Crippen LogP contribution in [0.5, 0.6) is 5.75 Å². The molecule has 0 radical (unpaired) electrons. The van der Waals surface area contributed by atoms with E-state index in [1.807, 2.05) is 36.9 Å². The molecule has 0 aliphatic carbocycles. The van der Waals surface area contributed by atoms with E-state index >= 15 is 4.39 Å². The van der Waals surface area contributed by atoms with E-state index in [4.69, 9.17) is 4.74 Å².